The van der Waals surface area contributed by atoms with Crippen molar-refractivity contribution in [2.75, 3.05) is 0 Å². The van der Waals surface area contributed by atoms with E-state index in [1.807, 2.05) is 26.1 Å². The number of hydrogen-bond donors (Lipinski definition) is 2. The SMILES string of the molecule is Cc1nn(C)c(Cl)c1CC(Cc1cccc(Br)c1)NN. The van der Waals surface area contributed by atoms with Gasteiger partial charge in [-0.3, -0.25) is 16.0 Å². The van der Waals surface area contributed by atoms with E-state index in [0.29, 0.717) is 5.15 Å². The second-order valence-electron chi connectivity index (χ2n) is 4.88. The lowest BCUT2D eigenvalue weighted by atomic mass is 10.00. The predicted molar refractivity (Wildman–Crippen MR) is 85.6 cm³/mol. The van der Waals surface area contributed by atoms with Gasteiger partial charge in [-0.15, -0.1) is 0 Å². The van der Waals surface area contributed by atoms with E-state index in [4.69, 9.17) is 17.4 Å². The molecule has 0 spiro atoms. The van der Waals surface area contributed by atoms with Gasteiger partial charge in [-0.1, -0.05) is 39.7 Å². The quantitative estimate of drug-likeness (QED) is 0.639. The molecule has 4 nitrogen and oxygen atoms in total. The Bertz CT molecular complexity index is 597. The molecule has 0 aliphatic rings. The predicted octanol–water partition coefficient (Wildman–Crippen LogP) is 2.76. The van der Waals surface area contributed by atoms with Crippen LogP contribution in [0.5, 0.6) is 0 Å². The van der Waals surface area contributed by atoms with Crippen LogP contribution in [0, 0.1) is 6.92 Å². The molecule has 1 aromatic heterocycles. The van der Waals surface area contributed by atoms with Crippen LogP contribution in [-0.4, -0.2) is 15.8 Å². The van der Waals surface area contributed by atoms with Crippen molar-refractivity contribution < 1.29 is 0 Å². The summed E-state index contributed by atoms with van der Waals surface area (Å²) in [6, 6.07) is 8.34. The number of nitrogens with one attached hydrogen (secondary N) is 1. The summed E-state index contributed by atoms with van der Waals surface area (Å²) < 4.78 is 2.76. The fourth-order valence-electron chi connectivity index (χ4n) is 2.29. The molecule has 20 heavy (non-hydrogen) atoms. The minimum Gasteiger partial charge on any atom is -0.271 e. The van der Waals surface area contributed by atoms with Crippen molar-refractivity contribution >= 4 is 27.5 Å². The van der Waals surface area contributed by atoms with Gasteiger partial charge in [0.15, 0.2) is 0 Å². The van der Waals surface area contributed by atoms with Crippen molar-refractivity contribution in [1.82, 2.24) is 15.2 Å². The largest absolute Gasteiger partial charge is 0.271 e. The fourth-order valence-corrected chi connectivity index (χ4v) is 2.99. The molecule has 1 aromatic carbocycles. The Labute approximate surface area is 132 Å². The molecule has 0 bridgehead atoms. The first-order chi connectivity index (χ1) is 9.51. The summed E-state index contributed by atoms with van der Waals surface area (Å²) in [5, 5.41) is 5.01. The molecule has 2 rings (SSSR count). The lowest BCUT2D eigenvalue weighted by molar-refractivity contribution is 0.521. The molecule has 0 aliphatic carbocycles. The third-order valence-electron chi connectivity index (χ3n) is 3.33. The molecule has 0 fully saturated rings. The van der Waals surface area contributed by atoms with Crippen LogP contribution in [0.3, 0.4) is 0 Å². The Hall–Kier alpha value is -0.880. The van der Waals surface area contributed by atoms with E-state index in [1.165, 1.54) is 5.56 Å². The van der Waals surface area contributed by atoms with Crippen LogP contribution in [0.2, 0.25) is 5.15 Å². The van der Waals surface area contributed by atoms with Crippen molar-refractivity contribution in [3.63, 3.8) is 0 Å². The molecule has 6 heteroatoms. The number of rotatable bonds is 5. The monoisotopic (exact) mass is 356 g/mol. The Morgan fingerprint density at radius 2 is 2.20 bits per heavy atom. The summed E-state index contributed by atoms with van der Waals surface area (Å²) >= 11 is 9.75. The van der Waals surface area contributed by atoms with Crippen molar-refractivity contribution in [2.24, 2.45) is 12.9 Å². The van der Waals surface area contributed by atoms with E-state index in [2.05, 4.69) is 38.6 Å². The van der Waals surface area contributed by atoms with Gasteiger partial charge in [0.05, 0.1) is 5.69 Å². The number of nitrogens with zero attached hydrogens (tertiary/aromatic N) is 2. The number of hydrogen-bond acceptors (Lipinski definition) is 3. The van der Waals surface area contributed by atoms with Gasteiger partial charge in [0, 0.05) is 23.1 Å². The highest BCUT2D eigenvalue weighted by Crippen LogP contribution is 2.21. The normalized spacial score (nSPS) is 12.7. The average Bonchev–Trinajstić information content (AvgIpc) is 2.64. The topological polar surface area (TPSA) is 55.9 Å². The Morgan fingerprint density at radius 3 is 2.75 bits per heavy atom. The molecule has 0 radical (unpaired) electrons. The maximum Gasteiger partial charge on any atom is 0.130 e. The summed E-state index contributed by atoms with van der Waals surface area (Å²) in [5.41, 5.74) is 6.09. The van der Waals surface area contributed by atoms with E-state index < -0.39 is 0 Å². The summed E-state index contributed by atoms with van der Waals surface area (Å²) in [5.74, 6) is 5.68. The van der Waals surface area contributed by atoms with Gasteiger partial charge in [-0.25, -0.2) is 0 Å². The first kappa shape index (κ1) is 15.5. The molecule has 2 aromatic rings. The lowest BCUT2D eigenvalue weighted by Crippen LogP contribution is -2.38. The number of aromatic nitrogens is 2. The van der Waals surface area contributed by atoms with Crippen LogP contribution in [0.4, 0.5) is 0 Å². The van der Waals surface area contributed by atoms with E-state index in [0.717, 1.165) is 28.6 Å². The van der Waals surface area contributed by atoms with Crippen molar-refractivity contribution in [3.05, 3.63) is 50.7 Å². The third-order valence-corrected chi connectivity index (χ3v) is 4.29. The molecule has 3 N–H and O–H groups in total. The third kappa shape index (κ3) is 3.61. The van der Waals surface area contributed by atoms with Crippen LogP contribution in [0.1, 0.15) is 16.8 Å². The minimum absolute atomic E-state index is 0.115. The first-order valence-electron chi connectivity index (χ1n) is 6.39. The van der Waals surface area contributed by atoms with Gasteiger partial charge < -0.3 is 0 Å². The number of halogens is 2. The highest BCUT2D eigenvalue weighted by molar-refractivity contribution is 9.10. The van der Waals surface area contributed by atoms with Crippen LogP contribution in [0.25, 0.3) is 0 Å². The van der Waals surface area contributed by atoms with Crippen LogP contribution in [0.15, 0.2) is 28.7 Å². The highest BCUT2D eigenvalue weighted by Gasteiger charge is 2.16. The Balaban J connectivity index is 2.13. The summed E-state index contributed by atoms with van der Waals surface area (Å²) in [6.45, 7) is 1.97. The molecule has 0 aliphatic heterocycles. The summed E-state index contributed by atoms with van der Waals surface area (Å²) in [7, 11) is 1.85. The van der Waals surface area contributed by atoms with Crippen molar-refractivity contribution in [3.8, 4) is 0 Å². The van der Waals surface area contributed by atoms with Crippen LogP contribution in [-0.2, 0) is 19.9 Å². The second-order valence-corrected chi connectivity index (χ2v) is 6.15. The molecule has 1 heterocycles. The molecular formula is C14H18BrClN4. The van der Waals surface area contributed by atoms with Crippen LogP contribution >= 0.6 is 27.5 Å². The maximum absolute atomic E-state index is 6.27. The van der Waals surface area contributed by atoms with E-state index >= 15 is 0 Å². The molecule has 1 unspecified atom stereocenters. The standard InChI is InChI=1S/C14H18BrClN4/c1-9-13(14(16)20(2)19-9)8-12(18-17)7-10-4-3-5-11(15)6-10/h3-6,12,18H,7-8,17H2,1-2H3. The number of nitrogens with two attached hydrogens (primary N) is 1. The lowest BCUT2D eigenvalue weighted by Gasteiger charge is -2.16. The molecule has 0 saturated heterocycles. The van der Waals surface area contributed by atoms with Crippen molar-refractivity contribution in [1.29, 1.82) is 0 Å². The molecule has 1 atom stereocenters. The Morgan fingerprint density at radius 1 is 1.45 bits per heavy atom. The number of benzene rings is 1. The smallest absolute Gasteiger partial charge is 0.130 e. The van der Waals surface area contributed by atoms with E-state index in [9.17, 15) is 0 Å². The zero-order valence-electron chi connectivity index (χ0n) is 11.5. The highest BCUT2D eigenvalue weighted by atomic mass is 79.9. The van der Waals surface area contributed by atoms with Crippen molar-refractivity contribution in [2.45, 2.75) is 25.8 Å². The molecular weight excluding hydrogens is 340 g/mol. The molecule has 108 valence electrons. The summed E-state index contributed by atoms with van der Waals surface area (Å²) in [4.78, 5) is 0. The second kappa shape index (κ2) is 6.72. The zero-order valence-corrected chi connectivity index (χ0v) is 13.9. The Kier molecular flexibility index (Phi) is 5.21. The zero-order chi connectivity index (χ0) is 14.7. The minimum atomic E-state index is 0.115. The van der Waals surface area contributed by atoms with Crippen LogP contribution < -0.4 is 11.3 Å². The summed E-state index contributed by atoms with van der Waals surface area (Å²) in [6.07, 6.45) is 1.59. The first-order valence-corrected chi connectivity index (χ1v) is 7.57. The number of aryl methyl sites for hydroxylation is 2. The van der Waals surface area contributed by atoms with Gasteiger partial charge in [0.1, 0.15) is 5.15 Å². The van der Waals surface area contributed by atoms with Gasteiger partial charge >= 0.3 is 0 Å². The van der Waals surface area contributed by atoms with Gasteiger partial charge in [0.2, 0.25) is 0 Å². The average molecular weight is 358 g/mol. The number of hydrazine groups is 1. The van der Waals surface area contributed by atoms with Gasteiger partial charge in [-0.05, 0) is 37.5 Å². The fraction of sp³-hybridized carbons (Fsp3) is 0.357. The molecule has 0 saturated carbocycles. The maximum atomic E-state index is 6.27. The molecule has 0 amide bonds. The van der Waals surface area contributed by atoms with Gasteiger partial charge in [0.25, 0.3) is 0 Å². The van der Waals surface area contributed by atoms with Gasteiger partial charge in [-0.2, -0.15) is 5.10 Å². The van der Waals surface area contributed by atoms with E-state index in [-0.39, 0.29) is 6.04 Å². The van der Waals surface area contributed by atoms with E-state index in [1.54, 1.807) is 4.68 Å².